The fourth-order valence-electron chi connectivity index (χ4n) is 2.67. The molecule has 0 aromatic rings. The lowest BCUT2D eigenvalue weighted by atomic mass is 10.1. The maximum atomic E-state index is 12.0. The van der Waals surface area contributed by atoms with E-state index in [-0.39, 0.29) is 6.04 Å². The lowest BCUT2D eigenvalue weighted by Gasteiger charge is -2.33. The molecule has 2 rings (SSSR count). The summed E-state index contributed by atoms with van der Waals surface area (Å²) in [7, 11) is 0. The number of amides is 1. The largest absolute Gasteiger partial charge is 0.342 e. The van der Waals surface area contributed by atoms with E-state index in [0.717, 1.165) is 39.0 Å². The van der Waals surface area contributed by atoms with Gasteiger partial charge in [-0.15, -0.1) is 0 Å². The van der Waals surface area contributed by atoms with Crippen LogP contribution in [-0.2, 0) is 4.79 Å². The molecule has 0 aromatic carbocycles. The molecule has 2 N–H and O–H groups in total. The minimum Gasteiger partial charge on any atom is -0.342 e. The zero-order valence-corrected chi connectivity index (χ0v) is 10.0. The highest BCUT2D eigenvalue weighted by Crippen LogP contribution is 2.11. The molecule has 2 aliphatic rings. The van der Waals surface area contributed by atoms with Crippen LogP contribution in [-0.4, -0.2) is 54.5 Å². The van der Waals surface area contributed by atoms with Crippen LogP contribution in [0.25, 0.3) is 0 Å². The van der Waals surface area contributed by atoms with Crippen molar-refractivity contribution in [2.45, 2.75) is 38.1 Å². The van der Waals surface area contributed by atoms with Crippen LogP contribution >= 0.6 is 0 Å². The molecule has 2 aliphatic heterocycles. The van der Waals surface area contributed by atoms with Crippen LogP contribution in [0, 0.1) is 0 Å². The van der Waals surface area contributed by atoms with Gasteiger partial charge in [0.2, 0.25) is 5.91 Å². The molecule has 2 saturated heterocycles. The average Bonchev–Trinajstić information content (AvgIpc) is 2.30. The quantitative estimate of drug-likeness (QED) is 0.741. The van der Waals surface area contributed by atoms with Crippen LogP contribution in [0.15, 0.2) is 0 Å². The molecule has 16 heavy (non-hydrogen) atoms. The van der Waals surface area contributed by atoms with Gasteiger partial charge in [-0.05, 0) is 38.6 Å². The highest BCUT2D eigenvalue weighted by Gasteiger charge is 2.22. The van der Waals surface area contributed by atoms with E-state index < -0.39 is 0 Å². The van der Waals surface area contributed by atoms with Gasteiger partial charge in [0.25, 0.3) is 0 Å². The predicted octanol–water partition coefficient (Wildman–Crippen LogP) is 0.422. The third-order valence-corrected chi connectivity index (χ3v) is 3.61. The van der Waals surface area contributed by atoms with Gasteiger partial charge in [-0.25, -0.2) is 0 Å². The molecule has 0 saturated carbocycles. The maximum Gasteiger partial charge on any atom is 0.236 e. The molecule has 0 radical (unpaired) electrons. The normalized spacial score (nSPS) is 28.1. The number of rotatable bonds is 2. The fraction of sp³-hybridized carbons (Fsp3) is 0.917. The van der Waals surface area contributed by atoms with Gasteiger partial charge in [0.15, 0.2) is 0 Å². The monoisotopic (exact) mass is 225 g/mol. The highest BCUT2D eigenvalue weighted by atomic mass is 16.2. The second-order valence-electron chi connectivity index (χ2n) is 5.08. The zero-order chi connectivity index (χ0) is 11.4. The van der Waals surface area contributed by atoms with Crippen molar-refractivity contribution < 1.29 is 4.79 Å². The first-order chi connectivity index (χ1) is 7.75. The number of carbonyl (C=O) groups excluding carboxylic acids is 1. The van der Waals surface area contributed by atoms with Crippen LogP contribution in [0.1, 0.15) is 32.1 Å². The Balaban J connectivity index is 1.77. The third-order valence-electron chi connectivity index (χ3n) is 3.61. The van der Waals surface area contributed by atoms with Gasteiger partial charge in [0.1, 0.15) is 0 Å². The summed E-state index contributed by atoms with van der Waals surface area (Å²) in [6.45, 7) is 4.41. The van der Waals surface area contributed by atoms with Crippen molar-refractivity contribution in [3.63, 3.8) is 0 Å². The second kappa shape index (κ2) is 5.64. The SMILES string of the molecule is N[C@@H]1CCCN(CC(=O)N2CCCCC2)C1. The number of piperidine rings is 2. The number of carbonyl (C=O) groups is 1. The van der Waals surface area contributed by atoms with E-state index in [1.54, 1.807) is 0 Å². The molecule has 0 unspecified atom stereocenters. The summed E-state index contributed by atoms with van der Waals surface area (Å²) in [6.07, 6.45) is 5.86. The van der Waals surface area contributed by atoms with Crippen molar-refractivity contribution in [1.82, 2.24) is 9.80 Å². The lowest BCUT2D eigenvalue weighted by molar-refractivity contribution is -0.133. The molecular weight excluding hydrogens is 202 g/mol. The van der Waals surface area contributed by atoms with Crippen molar-refractivity contribution in [3.8, 4) is 0 Å². The molecular formula is C12H23N3O. The summed E-state index contributed by atoms with van der Waals surface area (Å²) < 4.78 is 0. The van der Waals surface area contributed by atoms with Crippen molar-refractivity contribution in [2.24, 2.45) is 5.73 Å². The Bertz CT molecular complexity index is 238. The lowest BCUT2D eigenvalue weighted by Crippen LogP contribution is -2.48. The molecule has 1 amide bonds. The summed E-state index contributed by atoms with van der Waals surface area (Å²) in [5.41, 5.74) is 5.91. The summed E-state index contributed by atoms with van der Waals surface area (Å²) in [5.74, 6) is 0.300. The van der Waals surface area contributed by atoms with Crippen LogP contribution in [0.2, 0.25) is 0 Å². The molecule has 4 heteroatoms. The number of likely N-dealkylation sites (tertiary alicyclic amines) is 2. The van der Waals surface area contributed by atoms with Crippen LogP contribution < -0.4 is 5.73 Å². The van der Waals surface area contributed by atoms with Gasteiger partial charge >= 0.3 is 0 Å². The van der Waals surface area contributed by atoms with E-state index in [1.807, 2.05) is 4.90 Å². The third kappa shape index (κ3) is 3.19. The molecule has 0 aliphatic carbocycles. The van der Waals surface area contributed by atoms with Gasteiger partial charge in [-0.1, -0.05) is 0 Å². The van der Waals surface area contributed by atoms with Gasteiger partial charge < -0.3 is 10.6 Å². The number of nitrogens with zero attached hydrogens (tertiary/aromatic N) is 2. The first kappa shape index (κ1) is 11.9. The van der Waals surface area contributed by atoms with Crippen LogP contribution in [0.4, 0.5) is 0 Å². The summed E-state index contributed by atoms with van der Waals surface area (Å²) >= 11 is 0. The van der Waals surface area contributed by atoms with Crippen molar-refractivity contribution >= 4 is 5.91 Å². The molecule has 1 atom stereocenters. The van der Waals surface area contributed by atoms with Crippen molar-refractivity contribution in [1.29, 1.82) is 0 Å². The zero-order valence-electron chi connectivity index (χ0n) is 10.0. The van der Waals surface area contributed by atoms with Crippen molar-refractivity contribution in [3.05, 3.63) is 0 Å². The first-order valence-electron chi connectivity index (χ1n) is 6.51. The standard InChI is InChI=1S/C12H23N3O/c13-11-5-4-6-14(9-11)10-12(16)15-7-2-1-3-8-15/h11H,1-10,13H2/t11-/m1/s1. The van der Waals surface area contributed by atoms with Crippen molar-refractivity contribution in [2.75, 3.05) is 32.7 Å². The van der Waals surface area contributed by atoms with Gasteiger partial charge in [-0.3, -0.25) is 9.69 Å². The van der Waals surface area contributed by atoms with E-state index in [4.69, 9.17) is 5.73 Å². The molecule has 4 nitrogen and oxygen atoms in total. The smallest absolute Gasteiger partial charge is 0.236 e. The van der Waals surface area contributed by atoms with E-state index in [1.165, 1.54) is 19.3 Å². The second-order valence-corrected chi connectivity index (χ2v) is 5.08. The van der Waals surface area contributed by atoms with Gasteiger partial charge in [0.05, 0.1) is 6.54 Å². The first-order valence-corrected chi connectivity index (χ1v) is 6.51. The topological polar surface area (TPSA) is 49.6 Å². The molecule has 0 aromatic heterocycles. The van der Waals surface area contributed by atoms with Gasteiger partial charge in [0, 0.05) is 25.7 Å². The number of hydrogen-bond donors (Lipinski definition) is 1. The Hall–Kier alpha value is -0.610. The molecule has 0 spiro atoms. The Labute approximate surface area is 97.8 Å². The Morgan fingerprint density at radius 2 is 1.88 bits per heavy atom. The fourth-order valence-corrected chi connectivity index (χ4v) is 2.67. The predicted molar refractivity (Wildman–Crippen MR) is 64.1 cm³/mol. The average molecular weight is 225 g/mol. The van der Waals surface area contributed by atoms with E-state index in [2.05, 4.69) is 4.90 Å². The van der Waals surface area contributed by atoms with E-state index in [0.29, 0.717) is 12.5 Å². The maximum absolute atomic E-state index is 12.0. The Morgan fingerprint density at radius 3 is 2.56 bits per heavy atom. The summed E-state index contributed by atoms with van der Waals surface area (Å²) in [4.78, 5) is 16.2. The van der Waals surface area contributed by atoms with Crippen LogP contribution in [0.3, 0.4) is 0 Å². The minimum atomic E-state index is 0.267. The highest BCUT2D eigenvalue weighted by molar-refractivity contribution is 5.78. The molecule has 2 heterocycles. The minimum absolute atomic E-state index is 0.267. The molecule has 0 bridgehead atoms. The van der Waals surface area contributed by atoms with E-state index in [9.17, 15) is 4.79 Å². The summed E-state index contributed by atoms with van der Waals surface area (Å²) in [5, 5.41) is 0. The van der Waals surface area contributed by atoms with Crippen LogP contribution in [0.5, 0.6) is 0 Å². The Kier molecular flexibility index (Phi) is 4.18. The Morgan fingerprint density at radius 1 is 1.12 bits per heavy atom. The molecule has 2 fully saturated rings. The van der Waals surface area contributed by atoms with Gasteiger partial charge in [-0.2, -0.15) is 0 Å². The molecule has 92 valence electrons. The van der Waals surface area contributed by atoms with E-state index >= 15 is 0 Å². The number of hydrogen-bond acceptors (Lipinski definition) is 3. The summed E-state index contributed by atoms with van der Waals surface area (Å²) in [6, 6.07) is 0.267. The number of nitrogens with two attached hydrogens (primary N) is 1.